The Morgan fingerprint density at radius 1 is 1.38 bits per heavy atom. The SMILES string of the molecule is CC(=O)c1ccc(CNC(=O)C(F)(F)F)s1. The predicted molar refractivity (Wildman–Crippen MR) is 52.2 cm³/mol. The van der Waals surface area contributed by atoms with Crippen LogP contribution in [0.3, 0.4) is 0 Å². The monoisotopic (exact) mass is 251 g/mol. The number of alkyl halides is 3. The Balaban J connectivity index is 2.55. The summed E-state index contributed by atoms with van der Waals surface area (Å²) in [6.45, 7) is 1.14. The molecular weight excluding hydrogens is 243 g/mol. The van der Waals surface area contributed by atoms with E-state index in [4.69, 9.17) is 0 Å². The lowest BCUT2D eigenvalue weighted by molar-refractivity contribution is -0.173. The van der Waals surface area contributed by atoms with Crippen molar-refractivity contribution >= 4 is 23.0 Å². The third kappa shape index (κ3) is 3.34. The smallest absolute Gasteiger partial charge is 0.343 e. The summed E-state index contributed by atoms with van der Waals surface area (Å²) >= 11 is 1.06. The molecule has 0 radical (unpaired) electrons. The molecule has 0 spiro atoms. The van der Waals surface area contributed by atoms with Gasteiger partial charge in [0.15, 0.2) is 5.78 Å². The van der Waals surface area contributed by atoms with Crippen molar-refractivity contribution in [1.82, 2.24) is 5.32 Å². The molecule has 0 aliphatic carbocycles. The molecule has 0 bridgehead atoms. The molecule has 7 heteroatoms. The second-order valence-corrected chi connectivity index (χ2v) is 4.17. The van der Waals surface area contributed by atoms with Gasteiger partial charge in [-0.2, -0.15) is 13.2 Å². The summed E-state index contributed by atoms with van der Waals surface area (Å²) in [6, 6.07) is 3.03. The van der Waals surface area contributed by atoms with Gasteiger partial charge in [-0.1, -0.05) is 0 Å². The summed E-state index contributed by atoms with van der Waals surface area (Å²) < 4.78 is 35.5. The van der Waals surface area contributed by atoms with Crippen LogP contribution in [0.2, 0.25) is 0 Å². The first-order chi connectivity index (χ1) is 7.30. The van der Waals surface area contributed by atoms with Crippen LogP contribution in [-0.4, -0.2) is 17.9 Å². The number of amides is 1. The largest absolute Gasteiger partial charge is 0.471 e. The van der Waals surface area contributed by atoms with Gasteiger partial charge in [-0.25, -0.2) is 0 Å². The van der Waals surface area contributed by atoms with E-state index in [0.29, 0.717) is 9.75 Å². The summed E-state index contributed by atoms with van der Waals surface area (Å²) in [6.07, 6.45) is -4.87. The number of nitrogens with one attached hydrogen (secondary N) is 1. The molecule has 1 amide bonds. The van der Waals surface area contributed by atoms with Crippen molar-refractivity contribution in [3.05, 3.63) is 21.9 Å². The normalized spacial score (nSPS) is 11.2. The fourth-order valence-electron chi connectivity index (χ4n) is 0.930. The summed E-state index contributed by atoms with van der Waals surface area (Å²) in [5, 5.41) is 1.73. The maximum atomic E-state index is 11.8. The molecule has 16 heavy (non-hydrogen) atoms. The van der Waals surface area contributed by atoms with Crippen molar-refractivity contribution in [2.75, 3.05) is 0 Å². The van der Waals surface area contributed by atoms with Gasteiger partial charge in [0.05, 0.1) is 11.4 Å². The first kappa shape index (κ1) is 12.7. The Morgan fingerprint density at radius 2 is 2.00 bits per heavy atom. The minimum atomic E-state index is -4.87. The fourth-order valence-corrected chi connectivity index (χ4v) is 1.77. The minimum Gasteiger partial charge on any atom is -0.343 e. The van der Waals surface area contributed by atoms with Gasteiger partial charge in [0, 0.05) is 4.88 Å². The highest BCUT2D eigenvalue weighted by atomic mass is 32.1. The first-order valence-corrected chi connectivity index (χ1v) is 5.07. The zero-order chi connectivity index (χ0) is 12.3. The zero-order valence-corrected chi connectivity index (χ0v) is 9.04. The van der Waals surface area contributed by atoms with Crippen molar-refractivity contribution in [2.45, 2.75) is 19.6 Å². The number of carbonyl (C=O) groups excluding carboxylic acids is 2. The molecule has 1 aromatic heterocycles. The molecule has 1 heterocycles. The van der Waals surface area contributed by atoms with Gasteiger partial charge >= 0.3 is 12.1 Å². The molecule has 0 aromatic carbocycles. The molecular formula is C9H8F3NO2S. The van der Waals surface area contributed by atoms with Crippen LogP contribution < -0.4 is 5.32 Å². The van der Waals surface area contributed by atoms with Crippen LogP contribution in [0.15, 0.2) is 12.1 Å². The molecule has 1 N–H and O–H groups in total. The molecule has 88 valence electrons. The van der Waals surface area contributed by atoms with Gasteiger partial charge in [0.1, 0.15) is 0 Å². The summed E-state index contributed by atoms with van der Waals surface area (Å²) in [5.41, 5.74) is 0. The Hall–Kier alpha value is -1.37. The molecule has 1 rings (SSSR count). The number of carbonyl (C=O) groups is 2. The van der Waals surface area contributed by atoms with Gasteiger partial charge in [-0.05, 0) is 19.1 Å². The Kier molecular flexibility index (Phi) is 3.69. The fraction of sp³-hybridized carbons (Fsp3) is 0.333. The van der Waals surface area contributed by atoms with E-state index in [9.17, 15) is 22.8 Å². The van der Waals surface area contributed by atoms with E-state index in [1.807, 2.05) is 0 Å². The first-order valence-electron chi connectivity index (χ1n) is 4.25. The number of hydrogen-bond donors (Lipinski definition) is 1. The zero-order valence-electron chi connectivity index (χ0n) is 8.22. The standard InChI is InChI=1S/C9H8F3NO2S/c1-5(14)7-3-2-6(16-7)4-13-8(15)9(10,11)12/h2-3H,4H2,1H3,(H,13,15). The molecule has 1 aromatic rings. The van der Waals surface area contributed by atoms with Gasteiger partial charge in [0.25, 0.3) is 0 Å². The van der Waals surface area contributed by atoms with Crippen LogP contribution in [0.25, 0.3) is 0 Å². The Bertz CT molecular complexity index is 411. The van der Waals surface area contributed by atoms with Crippen molar-refractivity contribution in [3.8, 4) is 0 Å². The van der Waals surface area contributed by atoms with Crippen LogP contribution in [0, 0.1) is 0 Å². The molecule has 0 atom stereocenters. The maximum absolute atomic E-state index is 11.8. The number of Topliss-reactive ketones (excluding diaryl/α,β-unsaturated/α-hetero) is 1. The second-order valence-electron chi connectivity index (χ2n) is 3.00. The highest BCUT2D eigenvalue weighted by molar-refractivity contribution is 7.14. The highest BCUT2D eigenvalue weighted by Gasteiger charge is 2.38. The average Bonchev–Trinajstić information content (AvgIpc) is 2.60. The van der Waals surface area contributed by atoms with E-state index in [-0.39, 0.29) is 12.3 Å². The molecule has 3 nitrogen and oxygen atoms in total. The van der Waals surface area contributed by atoms with Gasteiger partial charge in [-0.15, -0.1) is 11.3 Å². The average molecular weight is 251 g/mol. The molecule has 0 unspecified atom stereocenters. The predicted octanol–water partition coefficient (Wildman–Crippen LogP) is 2.13. The van der Waals surface area contributed by atoms with Gasteiger partial charge in [0.2, 0.25) is 0 Å². The lowest BCUT2D eigenvalue weighted by Gasteiger charge is -2.05. The van der Waals surface area contributed by atoms with Crippen molar-refractivity contribution in [3.63, 3.8) is 0 Å². The summed E-state index contributed by atoms with van der Waals surface area (Å²) in [4.78, 5) is 22.3. The molecule has 0 aliphatic heterocycles. The molecule has 0 saturated heterocycles. The summed E-state index contributed by atoms with van der Waals surface area (Å²) in [7, 11) is 0. The number of ketones is 1. The van der Waals surface area contributed by atoms with E-state index in [1.165, 1.54) is 19.1 Å². The lowest BCUT2D eigenvalue weighted by Crippen LogP contribution is -2.36. The van der Waals surface area contributed by atoms with Crippen molar-refractivity contribution in [2.24, 2.45) is 0 Å². The molecule has 0 aliphatic rings. The summed E-state index contributed by atoms with van der Waals surface area (Å²) in [5.74, 6) is -2.14. The van der Waals surface area contributed by atoms with E-state index in [2.05, 4.69) is 0 Å². The third-order valence-electron chi connectivity index (χ3n) is 1.69. The van der Waals surface area contributed by atoms with E-state index >= 15 is 0 Å². The van der Waals surface area contributed by atoms with Crippen molar-refractivity contribution in [1.29, 1.82) is 0 Å². The maximum Gasteiger partial charge on any atom is 0.471 e. The van der Waals surface area contributed by atoms with E-state index in [1.54, 1.807) is 5.32 Å². The number of hydrogen-bond acceptors (Lipinski definition) is 3. The van der Waals surface area contributed by atoms with E-state index < -0.39 is 12.1 Å². The van der Waals surface area contributed by atoms with Crippen LogP contribution in [-0.2, 0) is 11.3 Å². The lowest BCUT2D eigenvalue weighted by atomic mass is 10.3. The molecule has 0 saturated carbocycles. The van der Waals surface area contributed by atoms with Gasteiger partial charge in [-0.3, -0.25) is 9.59 Å². The van der Waals surface area contributed by atoms with Gasteiger partial charge < -0.3 is 5.32 Å². The van der Waals surface area contributed by atoms with Crippen LogP contribution in [0.4, 0.5) is 13.2 Å². The number of thiophene rings is 1. The third-order valence-corrected chi connectivity index (χ3v) is 2.88. The minimum absolute atomic E-state index is 0.154. The van der Waals surface area contributed by atoms with Crippen LogP contribution in [0.5, 0.6) is 0 Å². The topological polar surface area (TPSA) is 46.2 Å². The quantitative estimate of drug-likeness (QED) is 0.836. The van der Waals surface area contributed by atoms with E-state index in [0.717, 1.165) is 11.3 Å². The van der Waals surface area contributed by atoms with Crippen LogP contribution in [0.1, 0.15) is 21.5 Å². The Morgan fingerprint density at radius 3 is 2.44 bits per heavy atom. The van der Waals surface area contributed by atoms with Crippen molar-refractivity contribution < 1.29 is 22.8 Å². The highest BCUT2D eigenvalue weighted by Crippen LogP contribution is 2.18. The molecule has 0 fully saturated rings. The van der Waals surface area contributed by atoms with Crippen LogP contribution >= 0.6 is 11.3 Å². The second kappa shape index (κ2) is 4.65. The Labute approximate surface area is 93.3 Å². The number of rotatable bonds is 3. The number of halogens is 3.